The summed E-state index contributed by atoms with van der Waals surface area (Å²) in [6.45, 7) is 7.52. The van der Waals surface area contributed by atoms with Crippen LogP contribution < -0.4 is 9.47 Å². The van der Waals surface area contributed by atoms with Crippen LogP contribution in [0.5, 0.6) is 11.5 Å². The fraction of sp³-hybridized carbons (Fsp3) is 0.167. The Morgan fingerprint density at radius 2 is 0.857 bits per heavy atom. The second-order valence-corrected chi connectivity index (χ2v) is 6.82. The molecule has 142 valence electrons. The molecular weight excluding hydrogens is 352 g/mol. The molecular formula is C24H22O4. The standard InChI is InChI=1S/C24H22O4/c1-15-5-9-19(10-6-15)27-23(25)21-13-14-22(18(4)17(21)3)24(26)28-20-11-7-16(2)8-12-20/h5-14H,1-4H3. The van der Waals surface area contributed by atoms with E-state index in [-0.39, 0.29) is 0 Å². The zero-order valence-corrected chi connectivity index (χ0v) is 16.4. The maximum atomic E-state index is 12.5. The van der Waals surface area contributed by atoms with Crippen LogP contribution >= 0.6 is 0 Å². The molecule has 0 unspecified atom stereocenters. The number of esters is 2. The van der Waals surface area contributed by atoms with Crippen molar-refractivity contribution in [1.82, 2.24) is 0 Å². The number of benzene rings is 3. The summed E-state index contributed by atoms with van der Waals surface area (Å²) >= 11 is 0. The van der Waals surface area contributed by atoms with E-state index in [9.17, 15) is 9.59 Å². The summed E-state index contributed by atoms with van der Waals surface area (Å²) in [6.07, 6.45) is 0. The van der Waals surface area contributed by atoms with Gasteiger partial charge < -0.3 is 9.47 Å². The van der Waals surface area contributed by atoms with Crippen LogP contribution in [-0.4, -0.2) is 11.9 Å². The van der Waals surface area contributed by atoms with Crippen molar-refractivity contribution in [3.8, 4) is 11.5 Å². The lowest BCUT2D eigenvalue weighted by atomic mass is 9.98. The van der Waals surface area contributed by atoms with Gasteiger partial charge in [0.15, 0.2) is 0 Å². The molecule has 0 bridgehead atoms. The number of rotatable bonds is 4. The van der Waals surface area contributed by atoms with Crippen LogP contribution in [0.4, 0.5) is 0 Å². The van der Waals surface area contributed by atoms with E-state index in [0.717, 1.165) is 11.1 Å². The average molecular weight is 374 g/mol. The van der Waals surface area contributed by atoms with Gasteiger partial charge in [-0.3, -0.25) is 0 Å². The Morgan fingerprint density at radius 3 is 1.18 bits per heavy atom. The second kappa shape index (κ2) is 8.09. The summed E-state index contributed by atoms with van der Waals surface area (Å²) in [6, 6.07) is 17.7. The van der Waals surface area contributed by atoms with Crippen molar-refractivity contribution >= 4 is 11.9 Å². The van der Waals surface area contributed by atoms with Gasteiger partial charge >= 0.3 is 11.9 Å². The summed E-state index contributed by atoms with van der Waals surface area (Å²) < 4.78 is 10.9. The number of carbonyl (C=O) groups excluding carboxylic acids is 2. The molecule has 4 heteroatoms. The topological polar surface area (TPSA) is 52.6 Å². The Bertz CT molecular complexity index is 931. The molecule has 0 amide bonds. The highest BCUT2D eigenvalue weighted by atomic mass is 16.5. The minimum Gasteiger partial charge on any atom is -0.423 e. The largest absolute Gasteiger partial charge is 0.423 e. The van der Waals surface area contributed by atoms with Crippen LogP contribution in [0.2, 0.25) is 0 Å². The highest BCUT2D eigenvalue weighted by Gasteiger charge is 2.19. The monoisotopic (exact) mass is 374 g/mol. The van der Waals surface area contributed by atoms with Crippen molar-refractivity contribution in [3.05, 3.63) is 94.0 Å². The molecule has 3 rings (SSSR count). The van der Waals surface area contributed by atoms with E-state index < -0.39 is 11.9 Å². The average Bonchev–Trinajstić information content (AvgIpc) is 2.67. The molecule has 0 aromatic heterocycles. The fourth-order valence-electron chi connectivity index (χ4n) is 2.80. The minimum atomic E-state index is -0.456. The third-order valence-corrected chi connectivity index (χ3v) is 4.69. The Hall–Kier alpha value is -3.40. The molecule has 0 spiro atoms. The van der Waals surface area contributed by atoms with Gasteiger partial charge in [0.25, 0.3) is 0 Å². The van der Waals surface area contributed by atoms with Crippen molar-refractivity contribution in [2.24, 2.45) is 0 Å². The van der Waals surface area contributed by atoms with Crippen molar-refractivity contribution in [1.29, 1.82) is 0 Å². The van der Waals surface area contributed by atoms with Gasteiger partial charge in [-0.2, -0.15) is 0 Å². The van der Waals surface area contributed by atoms with Crippen LogP contribution in [0.3, 0.4) is 0 Å². The highest BCUT2D eigenvalue weighted by molar-refractivity contribution is 5.97. The summed E-state index contributed by atoms with van der Waals surface area (Å²) in [4.78, 5) is 25.1. The van der Waals surface area contributed by atoms with E-state index >= 15 is 0 Å². The lowest BCUT2D eigenvalue weighted by Crippen LogP contribution is -2.15. The first-order chi connectivity index (χ1) is 13.3. The third kappa shape index (κ3) is 4.29. The maximum Gasteiger partial charge on any atom is 0.343 e. The number of carbonyl (C=O) groups is 2. The van der Waals surface area contributed by atoms with E-state index in [2.05, 4.69) is 0 Å². The molecule has 3 aromatic carbocycles. The Labute approximate surface area is 164 Å². The number of hydrogen-bond donors (Lipinski definition) is 0. The molecule has 0 fully saturated rings. The molecule has 0 saturated carbocycles. The summed E-state index contributed by atoms with van der Waals surface area (Å²) in [5, 5.41) is 0. The van der Waals surface area contributed by atoms with Crippen LogP contribution in [0.25, 0.3) is 0 Å². The molecule has 0 atom stereocenters. The molecule has 0 aliphatic rings. The molecule has 0 saturated heterocycles. The first-order valence-corrected chi connectivity index (χ1v) is 9.03. The molecule has 4 nitrogen and oxygen atoms in total. The van der Waals surface area contributed by atoms with Gasteiger partial charge in [-0.25, -0.2) is 9.59 Å². The Morgan fingerprint density at radius 1 is 0.536 bits per heavy atom. The van der Waals surface area contributed by atoms with Crippen molar-refractivity contribution in [2.45, 2.75) is 27.7 Å². The zero-order valence-electron chi connectivity index (χ0n) is 16.4. The van der Waals surface area contributed by atoms with Crippen LogP contribution in [-0.2, 0) is 0 Å². The number of ether oxygens (including phenoxy) is 2. The van der Waals surface area contributed by atoms with Crippen LogP contribution in [0, 0.1) is 27.7 Å². The first kappa shape index (κ1) is 19.4. The number of hydrogen-bond acceptors (Lipinski definition) is 4. The van der Waals surface area contributed by atoms with Gasteiger partial charge in [-0.1, -0.05) is 35.4 Å². The normalized spacial score (nSPS) is 10.4. The van der Waals surface area contributed by atoms with Crippen molar-refractivity contribution in [3.63, 3.8) is 0 Å². The molecule has 0 heterocycles. The molecule has 0 aliphatic carbocycles. The molecule has 0 radical (unpaired) electrons. The van der Waals surface area contributed by atoms with E-state index in [0.29, 0.717) is 33.8 Å². The number of aryl methyl sites for hydroxylation is 2. The highest BCUT2D eigenvalue weighted by Crippen LogP contribution is 2.22. The van der Waals surface area contributed by atoms with Gasteiger partial charge in [0.05, 0.1) is 11.1 Å². The van der Waals surface area contributed by atoms with Crippen molar-refractivity contribution in [2.75, 3.05) is 0 Å². The maximum absolute atomic E-state index is 12.5. The molecule has 3 aromatic rings. The summed E-state index contributed by atoms with van der Waals surface area (Å²) in [7, 11) is 0. The molecule has 28 heavy (non-hydrogen) atoms. The first-order valence-electron chi connectivity index (χ1n) is 9.03. The third-order valence-electron chi connectivity index (χ3n) is 4.69. The van der Waals surface area contributed by atoms with E-state index in [1.807, 2.05) is 38.1 Å². The molecule has 0 N–H and O–H groups in total. The van der Waals surface area contributed by atoms with E-state index in [4.69, 9.17) is 9.47 Å². The summed E-state index contributed by atoms with van der Waals surface area (Å²) in [5.41, 5.74) is 4.40. The van der Waals surface area contributed by atoms with Gasteiger partial charge in [-0.15, -0.1) is 0 Å². The Kier molecular flexibility index (Phi) is 5.59. The lowest BCUT2D eigenvalue weighted by molar-refractivity contribution is 0.0719. The quantitative estimate of drug-likeness (QED) is 0.456. The fourth-order valence-corrected chi connectivity index (χ4v) is 2.80. The predicted octanol–water partition coefficient (Wildman–Crippen LogP) is 5.36. The minimum absolute atomic E-state index is 0.421. The smallest absolute Gasteiger partial charge is 0.343 e. The van der Waals surface area contributed by atoms with E-state index in [1.165, 1.54) is 0 Å². The van der Waals surface area contributed by atoms with Crippen LogP contribution in [0.1, 0.15) is 43.0 Å². The SMILES string of the molecule is Cc1ccc(OC(=O)c2ccc(C(=O)Oc3ccc(C)cc3)c(C)c2C)cc1. The lowest BCUT2D eigenvalue weighted by Gasteiger charge is -2.13. The van der Waals surface area contributed by atoms with Gasteiger partial charge in [0.2, 0.25) is 0 Å². The second-order valence-electron chi connectivity index (χ2n) is 6.82. The van der Waals surface area contributed by atoms with Crippen molar-refractivity contribution < 1.29 is 19.1 Å². The molecule has 0 aliphatic heterocycles. The van der Waals surface area contributed by atoms with Gasteiger partial charge in [-0.05, 0) is 75.2 Å². The summed E-state index contributed by atoms with van der Waals surface area (Å²) in [5.74, 6) is 0.0526. The van der Waals surface area contributed by atoms with Gasteiger partial charge in [0.1, 0.15) is 11.5 Å². The van der Waals surface area contributed by atoms with E-state index in [1.54, 1.807) is 50.2 Å². The predicted molar refractivity (Wildman–Crippen MR) is 108 cm³/mol. The zero-order chi connectivity index (χ0) is 20.3. The Balaban J connectivity index is 1.79. The van der Waals surface area contributed by atoms with Gasteiger partial charge in [0, 0.05) is 0 Å². The van der Waals surface area contributed by atoms with Crippen LogP contribution in [0.15, 0.2) is 60.7 Å².